The summed E-state index contributed by atoms with van der Waals surface area (Å²) < 4.78 is 18.3. The minimum atomic E-state index is -0.909. The van der Waals surface area contributed by atoms with E-state index in [1.807, 2.05) is 43.3 Å². The van der Waals surface area contributed by atoms with Crippen molar-refractivity contribution in [2.45, 2.75) is 13.3 Å². The topological polar surface area (TPSA) is 87.0 Å². The first-order valence-electron chi connectivity index (χ1n) is 10.8. The Kier molecular flexibility index (Phi) is 6.82. The molecule has 0 radical (unpaired) electrons. The first-order chi connectivity index (χ1) is 16.5. The predicted octanol–water partition coefficient (Wildman–Crippen LogP) is 4.73. The maximum absolute atomic E-state index is 13.2. The molecule has 0 saturated carbocycles. The van der Waals surface area contributed by atoms with E-state index < -0.39 is 5.97 Å². The first kappa shape index (κ1) is 22.9. The van der Waals surface area contributed by atoms with Crippen molar-refractivity contribution in [3.8, 4) is 17.2 Å². The van der Waals surface area contributed by atoms with E-state index in [-0.39, 0.29) is 12.3 Å². The molecule has 3 aromatic carbocycles. The predicted molar refractivity (Wildman–Crippen MR) is 128 cm³/mol. The van der Waals surface area contributed by atoms with E-state index in [4.69, 9.17) is 14.2 Å². The molecular formula is C27H25NO6. The van der Waals surface area contributed by atoms with Gasteiger partial charge >= 0.3 is 5.97 Å². The number of hydrogen-bond acceptors (Lipinski definition) is 5. The molecule has 0 spiro atoms. The Bertz CT molecular complexity index is 1320. The zero-order chi connectivity index (χ0) is 24.1. The van der Waals surface area contributed by atoms with Crippen LogP contribution < -0.4 is 14.2 Å². The number of benzene rings is 3. The highest BCUT2D eigenvalue weighted by Gasteiger charge is 2.17. The average molecular weight is 459 g/mol. The fourth-order valence-corrected chi connectivity index (χ4v) is 3.88. The summed E-state index contributed by atoms with van der Waals surface area (Å²) in [6.07, 6.45) is -0.0954. The van der Waals surface area contributed by atoms with Crippen LogP contribution in [0.1, 0.15) is 21.6 Å². The lowest BCUT2D eigenvalue weighted by atomic mass is 10.1. The van der Waals surface area contributed by atoms with Crippen molar-refractivity contribution < 1.29 is 28.9 Å². The van der Waals surface area contributed by atoms with Crippen LogP contribution in [-0.2, 0) is 11.2 Å². The number of nitrogens with zero attached hydrogens (tertiary/aromatic N) is 1. The van der Waals surface area contributed by atoms with Crippen molar-refractivity contribution >= 4 is 22.8 Å². The van der Waals surface area contributed by atoms with Crippen molar-refractivity contribution in [3.63, 3.8) is 0 Å². The van der Waals surface area contributed by atoms with Gasteiger partial charge in [0, 0.05) is 16.6 Å². The molecule has 1 N–H and O–H groups in total. The second kappa shape index (κ2) is 10.1. The summed E-state index contributed by atoms with van der Waals surface area (Å²) in [5.41, 5.74) is 2.61. The number of methoxy groups -OCH3 is 1. The maximum Gasteiger partial charge on any atom is 0.307 e. The number of fused-ring (bicyclic) bond motifs is 1. The zero-order valence-corrected chi connectivity index (χ0v) is 19.0. The Morgan fingerprint density at radius 3 is 2.29 bits per heavy atom. The van der Waals surface area contributed by atoms with Gasteiger partial charge in [0.25, 0.3) is 5.91 Å². The van der Waals surface area contributed by atoms with Crippen molar-refractivity contribution in [1.82, 2.24) is 4.57 Å². The Labute approximate surface area is 197 Å². The number of carbonyl (C=O) groups excluding carboxylic acids is 1. The number of rotatable bonds is 9. The molecule has 7 nitrogen and oxygen atoms in total. The molecule has 0 atom stereocenters. The van der Waals surface area contributed by atoms with Crippen LogP contribution in [0.25, 0.3) is 10.9 Å². The summed E-state index contributed by atoms with van der Waals surface area (Å²) >= 11 is 0. The maximum atomic E-state index is 13.2. The number of aryl methyl sites for hydroxylation is 1. The molecule has 0 unspecified atom stereocenters. The van der Waals surface area contributed by atoms with Gasteiger partial charge in [-0.2, -0.15) is 0 Å². The lowest BCUT2D eigenvalue weighted by Gasteiger charge is -2.12. The third kappa shape index (κ3) is 4.88. The van der Waals surface area contributed by atoms with Gasteiger partial charge in [0.15, 0.2) is 11.5 Å². The van der Waals surface area contributed by atoms with E-state index in [0.29, 0.717) is 47.1 Å². The molecule has 0 aliphatic carbocycles. The number of ether oxygens (including phenoxy) is 3. The molecule has 0 saturated heterocycles. The van der Waals surface area contributed by atoms with Crippen molar-refractivity contribution in [2.24, 2.45) is 0 Å². The van der Waals surface area contributed by atoms with Crippen LogP contribution in [0.2, 0.25) is 0 Å². The lowest BCUT2D eigenvalue weighted by Crippen LogP contribution is -2.13. The molecule has 1 heterocycles. The summed E-state index contributed by atoms with van der Waals surface area (Å²) in [6.45, 7) is 2.51. The molecule has 0 aliphatic heterocycles. The molecule has 0 fully saturated rings. The molecule has 0 amide bonds. The summed E-state index contributed by atoms with van der Waals surface area (Å²) in [6, 6.07) is 21.5. The van der Waals surface area contributed by atoms with E-state index >= 15 is 0 Å². The standard InChI is InChI=1S/C27H25NO6/c1-18-16-22-20(17-26(29)30)6-5-7-23(22)28(18)27(31)19-10-12-21(13-11-19)33-14-15-34-25-9-4-3-8-24(25)32-2/h3-13,16H,14-15,17H2,1-2H3,(H,29,30). The molecule has 174 valence electrons. The van der Waals surface area contributed by atoms with Crippen molar-refractivity contribution in [3.05, 3.63) is 89.6 Å². The second-order valence-corrected chi connectivity index (χ2v) is 7.72. The summed E-state index contributed by atoms with van der Waals surface area (Å²) in [4.78, 5) is 24.4. The number of para-hydroxylation sites is 2. The highest BCUT2D eigenvalue weighted by Crippen LogP contribution is 2.27. The summed E-state index contributed by atoms with van der Waals surface area (Å²) in [5, 5.41) is 9.94. The average Bonchev–Trinajstić information content (AvgIpc) is 3.18. The molecule has 34 heavy (non-hydrogen) atoms. The number of carboxylic acid groups (broad SMARTS) is 1. The van der Waals surface area contributed by atoms with E-state index in [9.17, 15) is 14.7 Å². The molecule has 7 heteroatoms. The van der Waals surface area contributed by atoms with E-state index in [0.717, 1.165) is 11.1 Å². The number of carbonyl (C=O) groups is 2. The zero-order valence-electron chi connectivity index (χ0n) is 19.0. The third-order valence-electron chi connectivity index (χ3n) is 5.44. The quantitative estimate of drug-likeness (QED) is 0.364. The van der Waals surface area contributed by atoms with Crippen LogP contribution in [0.5, 0.6) is 17.2 Å². The molecule has 4 aromatic rings. The van der Waals surface area contributed by atoms with Gasteiger partial charge in [-0.15, -0.1) is 0 Å². The molecule has 4 rings (SSSR count). The Hall–Kier alpha value is -4.26. The van der Waals surface area contributed by atoms with Gasteiger partial charge in [0.2, 0.25) is 0 Å². The molecule has 0 bridgehead atoms. The first-order valence-corrected chi connectivity index (χ1v) is 10.8. The van der Waals surface area contributed by atoms with Crippen LogP contribution in [-0.4, -0.2) is 41.9 Å². The fraction of sp³-hybridized carbons (Fsp3) is 0.185. The van der Waals surface area contributed by atoms with Crippen molar-refractivity contribution in [2.75, 3.05) is 20.3 Å². The van der Waals surface area contributed by atoms with Gasteiger partial charge in [-0.1, -0.05) is 24.3 Å². The molecule has 1 aromatic heterocycles. The van der Waals surface area contributed by atoms with Crippen molar-refractivity contribution in [1.29, 1.82) is 0 Å². The van der Waals surface area contributed by atoms with Crippen LogP contribution in [0.3, 0.4) is 0 Å². The smallest absolute Gasteiger partial charge is 0.307 e. The lowest BCUT2D eigenvalue weighted by molar-refractivity contribution is -0.136. The SMILES string of the molecule is COc1ccccc1OCCOc1ccc(C(=O)n2c(C)cc3c(CC(=O)O)cccc32)cc1. The minimum Gasteiger partial charge on any atom is -0.493 e. The normalized spacial score (nSPS) is 10.8. The minimum absolute atomic E-state index is 0.0954. The van der Waals surface area contributed by atoms with Crippen LogP contribution >= 0.6 is 0 Å². The van der Waals surface area contributed by atoms with Gasteiger partial charge in [-0.05, 0) is 61.0 Å². The molecule has 0 aliphatic rings. The summed E-state index contributed by atoms with van der Waals surface area (Å²) in [5.74, 6) is 0.834. The van der Waals surface area contributed by atoms with Gasteiger partial charge < -0.3 is 19.3 Å². The Morgan fingerprint density at radius 1 is 0.882 bits per heavy atom. The van der Waals surface area contributed by atoms with Crippen LogP contribution in [0, 0.1) is 6.92 Å². The largest absolute Gasteiger partial charge is 0.493 e. The number of aromatic nitrogens is 1. The monoisotopic (exact) mass is 459 g/mol. The van der Waals surface area contributed by atoms with Gasteiger partial charge in [-0.25, -0.2) is 0 Å². The number of aliphatic carboxylic acids is 1. The Morgan fingerprint density at radius 2 is 1.59 bits per heavy atom. The van der Waals surface area contributed by atoms with Gasteiger partial charge in [-0.3, -0.25) is 14.2 Å². The van der Waals surface area contributed by atoms with E-state index in [1.54, 1.807) is 48.1 Å². The number of hydrogen-bond donors (Lipinski definition) is 1. The fourth-order valence-electron chi connectivity index (χ4n) is 3.88. The van der Waals surface area contributed by atoms with Gasteiger partial charge in [0.1, 0.15) is 19.0 Å². The molecular weight excluding hydrogens is 434 g/mol. The van der Waals surface area contributed by atoms with Crippen LogP contribution in [0.15, 0.2) is 72.8 Å². The third-order valence-corrected chi connectivity index (χ3v) is 5.44. The Balaban J connectivity index is 1.43. The van der Waals surface area contributed by atoms with E-state index in [1.165, 1.54) is 0 Å². The van der Waals surface area contributed by atoms with Gasteiger partial charge in [0.05, 0.1) is 19.0 Å². The van der Waals surface area contributed by atoms with E-state index in [2.05, 4.69) is 0 Å². The number of carboxylic acids is 1. The second-order valence-electron chi connectivity index (χ2n) is 7.72. The van der Waals surface area contributed by atoms with Crippen LogP contribution in [0.4, 0.5) is 0 Å². The summed E-state index contributed by atoms with van der Waals surface area (Å²) in [7, 11) is 1.59. The highest BCUT2D eigenvalue weighted by molar-refractivity contribution is 6.04. The highest BCUT2D eigenvalue weighted by atomic mass is 16.5.